The first-order valence-corrected chi connectivity index (χ1v) is 4.28. The largest absolute Gasteiger partial charge is 0.320 e. The Morgan fingerprint density at radius 1 is 1.27 bits per heavy atom. The molecule has 2 atom stereocenters. The Kier molecular flexibility index (Phi) is 1.85. The molecule has 2 N–H and O–H groups in total. The molecule has 2 fully saturated rings. The molecule has 0 aromatic rings. The van der Waals surface area contributed by atoms with Crippen LogP contribution in [0.15, 0.2) is 0 Å². The molecule has 1 saturated heterocycles. The fourth-order valence-corrected chi connectivity index (χ4v) is 1.86. The summed E-state index contributed by atoms with van der Waals surface area (Å²) in [4.78, 5) is 2.43. The zero-order chi connectivity index (χ0) is 7.68. The second kappa shape index (κ2) is 2.84. The lowest BCUT2D eigenvalue weighted by Crippen LogP contribution is -2.22. The number of hydrogen-bond donors (Lipinski definition) is 1. The lowest BCUT2D eigenvalue weighted by atomic mass is 10.4. The third-order valence-corrected chi connectivity index (χ3v) is 2.58. The second-order valence-corrected chi connectivity index (χ2v) is 3.51. The van der Waals surface area contributed by atoms with Gasteiger partial charge in [0.05, 0.1) is 13.1 Å². The average Bonchev–Trinajstić information content (AvgIpc) is 2.61. The highest BCUT2D eigenvalue weighted by Gasteiger charge is 2.44. The maximum Gasteiger partial charge on any atom is 0.0602 e. The van der Waals surface area contributed by atoms with Crippen molar-refractivity contribution in [2.24, 2.45) is 17.6 Å². The van der Waals surface area contributed by atoms with Crippen LogP contribution in [0.25, 0.3) is 0 Å². The van der Waals surface area contributed by atoms with Gasteiger partial charge >= 0.3 is 0 Å². The van der Waals surface area contributed by atoms with Gasteiger partial charge in [0.25, 0.3) is 0 Å². The smallest absolute Gasteiger partial charge is 0.0602 e. The summed E-state index contributed by atoms with van der Waals surface area (Å²) in [5, 5.41) is 0. The Morgan fingerprint density at radius 3 is 2.64 bits per heavy atom. The molecule has 2 aliphatic rings. The Hall–Kier alpha value is -0.520. The van der Waals surface area contributed by atoms with Crippen LogP contribution in [-0.2, 0) is 0 Å². The molecule has 2 heteroatoms. The molecule has 0 bridgehead atoms. The van der Waals surface area contributed by atoms with Crippen LogP contribution >= 0.6 is 0 Å². The quantitative estimate of drug-likeness (QED) is 0.529. The fourth-order valence-electron chi connectivity index (χ4n) is 1.86. The number of piperidine rings is 1. The van der Waals surface area contributed by atoms with Crippen LogP contribution in [0.2, 0.25) is 0 Å². The summed E-state index contributed by atoms with van der Waals surface area (Å²) in [7, 11) is 0. The van der Waals surface area contributed by atoms with E-state index in [1.165, 1.54) is 19.5 Å². The van der Waals surface area contributed by atoms with Crippen molar-refractivity contribution >= 4 is 0 Å². The van der Waals surface area contributed by atoms with Crippen LogP contribution in [0.4, 0.5) is 0 Å². The minimum atomic E-state index is 0.501. The van der Waals surface area contributed by atoms with Crippen molar-refractivity contribution in [3.8, 4) is 11.8 Å². The molecule has 0 spiro atoms. The molecule has 2 rings (SSSR count). The van der Waals surface area contributed by atoms with Crippen LogP contribution in [0.5, 0.6) is 0 Å². The van der Waals surface area contributed by atoms with E-state index in [9.17, 15) is 0 Å². The zero-order valence-corrected chi connectivity index (χ0v) is 6.71. The highest BCUT2D eigenvalue weighted by Crippen LogP contribution is 2.44. The van der Waals surface area contributed by atoms with Crippen molar-refractivity contribution in [3.63, 3.8) is 0 Å². The molecule has 2 unspecified atom stereocenters. The van der Waals surface area contributed by atoms with Crippen molar-refractivity contribution in [2.45, 2.75) is 6.42 Å². The van der Waals surface area contributed by atoms with E-state index < -0.39 is 0 Å². The molecule has 2 nitrogen and oxygen atoms in total. The van der Waals surface area contributed by atoms with Crippen LogP contribution in [0, 0.1) is 23.7 Å². The normalized spacial score (nSPS) is 34.3. The van der Waals surface area contributed by atoms with E-state index >= 15 is 0 Å². The average molecular weight is 150 g/mol. The number of nitrogens with zero attached hydrogens (tertiary/aromatic N) is 1. The van der Waals surface area contributed by atoms with Crippen molar-refractivity contribution in [1.29, 1.82) is 0 Å². The lowest BCUT2D eigenvalue weighted by molar-refractivity contribution is 0.343. The van der Waals surface area contributed by atoms with E-state index in [0.29, 0.717) is 6.54 Å². The molecule has 0 radical (unpaired) electrons. The summed E-state index contributed by atoms with van der Waals surface area (Å²) in [6, 6.07) is 0. The molecule has 1 aliphatic carbocycles. The van der Waals surface area contributed by atoms with Gasteiger partial charge in [0.1, 0.15) is 0 Å². The number of likely N-dealkylation sites (tertiary alicyclic amines) is 1. The van der Waals surface area contributed by atoms with Gasteiger partial charge in [-0.05, 0) is 18.3 Å². The molecule has 1 aliphatic heterocycles. The van der Waals surface area contributed by atoms with Gasteiger partial charge in [-0.1, -0.05) is 11.8 Å². The van der Waals surface area contributed by atoms with E-state index in [1.807, 2.05) is 0 Å². The van der Waals surface area contributed by atoms with Crippen LogP contribution < -0.4 is 5.73 Å². The van der Waals surface area contributed by atoms with Crippen LogP contribution in [0.3, 0.4) is 0 Å². The Balaban J connectivity index is 1.72. The van der Waals surface area contributed by atoms with Crippen molar-refractivity contribution in [1.82, 2.24) is 4.90 Å². The lowest BCUT2D eigenvalue weighted by Gasteiger charge is -2.12. The summed E-state index contributed by atoms with van der Waals surface area (Å²) in [5.41, 5.74) is 5.26. The first-order chi connectivity index (χ1) is 5.40. The van der Waals surface area contributed by atoms with Crippen molar-refractivity contribution < 1.29 is 0 Å². The van der Waals surface area contributed by atoms with Gasteiger partial charge in [0, 0.05) is 13.1 Å². The maximum absolute atomic E-state index is 5.26. The van der Waals surface area contributed by atoms with Gasteiger partial charge in [0.2, 0.25) is 0 Å². The monoisotopic (exact) mass is 150 g/mol. The van der Waals surface area contributed by atoms with E-state index in [-0.39, 0.29) is 0 Å². The first-order valence-electron chi connectivity index (χ1n) is 4.28. The third kappa shape index (κ3) is 1.55. The van der Waals surface area contributed by atoms with Crippen LogP contribution in [-0.4, -0.2) is 31.1 Å². The van der Waals surface area contributed by atoms with Gasteiger partial charge in [-0.2, -0.15) is 0 Å². The molecular formula is C9H14N2. The van der Waals surface area contributed by atoms with Gasteiger partial charge in [-0.15, -0.1) is 0 Å². The van der Waals surface area contributed by atoms with Crippen LogP contribution in [0.1, 0.15) is 6.42 Å². The minimum absolute atomic E-state index is 0.501. The number of hydrogen-bond acceptors (Lipinski definition) is 2. The van der Waals surface area contributed by atoms with Gasteiger partial charge < -0.3 is 5.73 Å². The molecule has 60 valence electrons. The van der Waals surface area contributed by atoms with E-state index in [4.69, 9.17) is 5.73 Å². The summed E-state index contributed by atoms with van der Waals surface area (Å²) in [6.07, 6.45) is 1.47. The molecule has 0 aromatic carbocycles. The molecule has 0 amide bonds. The summed E-state index contributed by atoms with van der Waals surface area (Å²) in [5.74, 6) is 8.01. The van der Waals surface area contributed by atoms with E-state index in [2.05, 4.69) is 16.7 Å². The molecule has 0 aromatic heterocycles. The van der Waals surface area contributed by atoms with Gasteiger partial charge in [-0.3, -0.25) is 4.90 Å². The predicted octanol–water partition coefficient (Wildman–Crippen LogP) is -0.0998. The second-order valence-electron chi connectivity index (χ2n) is 3.51. The Labute approximate surface area is 67.7 Å². The van der Waals surface area contributed by atoms with Crippen molar-refractivity contribution in [2.75, 3.05) is 26.2 Å². The standard InChI is InChI=1S/C9H14N2/c10-3-1-2-4-11-6-8-5-9(8)7-11/h8-9H,3-7,10H2. The SMILES string of the molecule is NCC#CCN1CC2CC2C1. The Bertz CT molecular complexity index is 191. The first kappa shape index (κ1) is 7.15. The summed E-state index contributed by atoms with van der Waals surface area (Å²) in [6.45, 7) is 4.00. The predicted molar refractivity (Wildman–Crippen MR) is 44.9 cm³/mol. The third-order valence-electron chi connectivity index (χ3n) is 2.58. The molecule has 11 heavy (non-hydrogen) atoms. The fraction of sp³-hybridized carbons (Fsp3) is 0.778. The van der Waals surface area contributed by atoms with Gasteiger partial charge in [0.15, 0.2) is 0 Å². The minimum Gasteiger partial charge on any atom is -0.320 e. The molecular weight excluding hydrogens is 136 g/mol. The summed E-state index contributed by atoms with van der Waals surface area (Å²) >= 11 is 0. The topological polar surface area (TPSA) is 29.3 Å². The maximum atomic E-state index is 5.26. The van der Waals surface area contributed by atoms with E-state index in [0.717, 1.165) is 18.4 Å². The highest BCUT2D eigenvalue weighted by molar-refractivity contribution is 5.05. The number of fused-ring (bicyclic) bond motifs is 1. The number of rotatable bonds is 1. The summed E-state index contributed by atoms with van der Waals surface area (Å²) < 4.78 is 0. The Morgan fingerprint density at radius 2 is 2.00 bits per heavy atom. The molecule has 1 heterocycles. The van der Waals surface area contributed by atoms with E-state index in [1.54, 1.807) is 0 Å². The van der Waals surface area contributed by atoms with Gasteiger partial charge in [-0.25, -0.2) is 0 Å². The molecule has 1 saturated carbocycles. The zero-order valence-electron chi connectivity index (χ0n) is 6.71. The number of nitrogens with two attached hydrogens (primary N) is 1. The highest BCUT2D eigenvalue weighted by atomic mass is 15.2. The van der Waals surface area contributed by atoms with Crippen molar-refractivity contribution in [3.05, 3.63) is 0 Å².